The number of hydrogen-bond acceptors (Lipinski definition) is 5. The molecule has 20 heavy (non-hydrogen) atoms. The number of carbonyl (C=O) groups is 1. The number of nitrogens with zero attached hydrogens (tertiary/aromatic N) is 1. The minimum absolute atomic E-state index is 0.298. The minimum atomic E-state index is -0.327. The first-order valence-electron chi connectivity index (χ1n) is 6.36. The zero-order valence-electron chi connectivity index (χ0n) is 11.8. The van der Waals surface area contributed by atoms with Crippen molar-refractivity contribution in [3.05, 3.63) is 45.5 Å². The lowest BCUT2D eigenvalue weighted by Crippen LogP contribution is -2.30. The highest BCUT2D eigenvalue weighted by atomic mass is 32.1. The molecule has 2 aromatic heterocycles. The first-order valence-corrected chi connectivity index (χ1v) is 7.24. The summed E-state index contributed by atoms with van der Waals surface area (Å²) in [4.78, 5) is 15.0. The standard InChI is InChI=1S/C14H19N3O2S/c1-9(13-5-4-6-20-13)17(3)8-11-7-12(10(2)19-11)14(18)16-15/h4-7,9H,8,15H2,1-3H3,(H,16,18). The smallest absolute Gasteiger partial charge is 0.268 e. The number of hydrazine groups is 1. The second-order valence-corrected chi connectivity index (χ2v) is 5.74. The van der Waals surface area contributed by atoms with Gasteiger partial charge < -0.3 is 4.42 Å². The number of carbonyl (C=O) groups excluding carboxylic acids is 1. The molecular weight excluding hydrogens is 274 g/mol. The fourth-order valence-corrected chi connectivity index (χ4v) is 2.90. The SMILES string of the molecule is Cc1oc(CN(C)C(C)c2cccs2)cc1C(=O)NN. The van der Waals surface area contributed by atoms with Crippen LogP contribution in [0.3, 0.4) is 0 Å². The van der Waals surface area contributed by atoms with Gasteiger partial charge in [-0.25, -0.2) is 5.84 Å². The van der Waals surface area contributed by atoms with E-state index in [1.165, 1.54) is 4.88 Å². The molecule has 2 rings (SSSR count). The lowest BCUT2D eigenvalue weighted by atomic mass is 10.2. The van der Waals surface area contributed by atoms with Gasteiger partial charge in [0.15, 0.2) is 0 Å². The van der Waals surface area contributed by atoms with Crippen molar-refractivity contribution in [3.8, 4) is 0 Å². The summed E-state index contributed by atoms with van der Waals surface area (Å²) in [5, 5.41) is 2.07. The topological polar surface area (TPSA) is 71.5 Å². The van der Waals surface area contributed by atoms with Crippen molar-refractivity contribution in [1.82, 2.24) is 10.3 Å². The normalized spacial score (nSPS) is 12.7. The van der Waals surface area contributed by atoms with Gasteiger partial charge in [-0.2, -0.15) is 0 Å². The van der Waals surface area contributed by atoms with E-state index < -0.39 is 0 Å². The van der Waals surface area contributed by atoms with Gasteiger partial charge in [-0.1, -0.05) is 6.07 Å². The van der Waals surface area contributed by atoms with Crippen molar-refractivity contribution < 1.29 is 9.21 Å². The molecule has 1 amide bonds. The first kappa shape index (κ1) is 14.8. The number of rotatable bonds is 5. The Morgan fingerprint density at radius 1 is 1.60 bits per heavy atom. The maximum Gasteiger partial charge on any atom is 0.268 e. The van der Waals surface area contributed by atoms with E-state index in [4.69, 9.17) is 10.3 Å². The summed E-state index contributed by atoms with van der Waals surface area (Å²) in [7, 11) is 2.03. The van der Waals surface area contributed by atoms with E-state index in [0.29, 0.717) is 23.9 Å². The predicted octanol–water partition coefficient (Wildman–Crippen LogP) is 2.45. The van der Waals surface area contributed by atoms with Crippen LogP contribution in [0.5, 0.6) is 0 Å². The summed E-state index contributed by atoms with van der Waals surface area (Å²) in [6.07, 6.45) is 0. The third-order valence-corrected chi connectivity index (χ3v) is 4.41. The number of furan rings is 1. The van der Waals surface area contributed by atoms with Gasteiger partial charge in [0.25, 0.3) is 5.91 Å². The molecule has 0 fully saturated rings. The molecule has 0 aliphatic heterocycles. The monoisotopic (exact) mass is 293 g/mol. The Kier molecular flexibility index (Phi) is 4.59. The van der Waals surface area contributed by atoms with Gasteiger partial charge in [-0.05, 0) is 38.4 Å². The van der Waals surface area contributed by atoms with Crippen molar-refractivity contribution in [2.75, 3.05) is 7.05 Å². The van der Waals surface area contributed by atoms with Gasteiger partial charge in [0.1, 0.15) is 11.5 Å². The Morgan fingerprint density at radius 2 is 2.35 bits per heavy atom. The number of nitrogens with two attached hydrogens (primary N) is 1. The molecule has 2 heterocycles. The molecule has 3 N–H and O–H groups in total. The van der Waals surface area contributed by atoms with Crippen molar-refractivity contribution in [1.29, 1.82) is 0 Å². The molecular formula is C14H19N3O2S. The Balaban J connectivity index is 2.08. The molecule has 0 aliphatic rings. The van der Waals surface area contributed by atoms with Crippen LogP contribution in [0.25, 0.3) is 0 Å². The number of nitrogens with one attached hydrogen (secondary N) is 1. The first-order chi connectivity index (χ1) is 9.52. The summed E-state index contributed by atoms with van der Waals surface area (Å²) in [5.74, 6) is 6.16. The summed E-state index contributed by atoms with van der Waals surface area (Å²) in [6.45, 7) is 4.55. The van der Waals surface area contributed by atoms with Crippen LogP contribution in [-0.4, -0.2) is 17.9 Å². The quantitative estimate of drug-likeness (QED) is 0.504. The molecule has 0 aromatic carbocycles. The van der Waals surface area contributed by atoms with E-state index in [9.17, 15) is 4.79 Å². The van der Waals surface area contributed by atoms with E-state index in [0.717, 1.165) is 5.76 Å². The van der Waals surface area contributed by atoms with E-state index in [1.807, 2.05) is 13.1 Å². The molecule has 0 radical (unpaired) electrons. The zero-order chi connectivity index (χ0) is 14.7. The number of nitrogen functional groups attached to an aromatic ring is 1. The number of hydrogen-bond donors (Lipinski definition) is 2. The fourth-order valence-electron chi connectivity index (χ4n) is 2.05. The van der Waals surface area contributed by atoms with Crippen LogP contribution in [0.1, 0.15) is 39.7 Å². The Morgan fingerprint density at radius 3 is 2.95 bits per heavy atom. The Bertz CT molecular complexity index is 577. The zero-order valence-corrected chi connectivity index (χ0v) is 12.7. The molecule has 108 valence electrons. The Labute approximate surface area is 122 Å². The maximum absolute atomic E-state index is 11.5. The van der Waals surface area contributed by atoms with Gasteiger partial charge in [0.2, 0.25) is 0 Å². The number of aryl methyl sites for hydroxylation is 1. The average molecular weight is 293 g/mol. The van der Waals surface area contributed by atoms with Crippen LogP contribution in [0, 0.1) is 6.92 Å². The molecule has 5 nitrogen and oxygen atoms in total. The molecule has 1 unspecified atom stereocenters. The third-order valence-electron chi connectivity index (χ3n) is 3.37. The van der Waals surface area contributed by atoms with Crippen LogP contribution in [0.2, 0.25) is 0 Å². The van der Waals surface area contributed by atoms with E-state index in [2.05, 4.69) is 28.7 Å². The van der Waals surface area contributed by atoms with Crippen LogP contribution in [-0.2, 0) is 6.54 Å². The van der Waals surface area contributed by atoms with Crippen molar-refractivity contribution >= 4 is 17.2 Å². The Hall–Kier alpha value is -1.63. The molecule has 2 aromatic rings. The lowest BCUT2D eigenvalue weighted by Gasteiger charge is -2.22. The highest BCUT2D eigenvalue weighted by Crippen LogP contribution is 2.25. The van der Waals surface area contributed by atoms with Crippen LogP contribution in [0.4, 0.5) is 0 Å². The van der Waals surface area contributed by atoms with Crippen molar-refractivity contribution in [2.45, 2.75) is 26.4 Å². The summed E-state index contributed by atoms with van der Waals surface area (Å²) < 4.78 is 5.62. The largest absolute Gasteiger partial charge is 0.464 e. The van der Waals surface area contributed by atoms with E-state index >= 15 is 0 Å². The molecule has 0 bridgehead atoms. The molecule has 6 heteroatoms. The molecule has 0 spiro atoms. The van der Waals surface area contributed by atoms with Gasteiger partial charge in [-0.15, -0.1) is 11.3 Å². The van der Waals surface area contributed by atoms with Gasteiger partial charge in [-0.3, -0.25) is 15.1 Å². The maximum atomic E-state index is 11.5. The van der Waals surface area contributed by atoms with Crippen molar-refractivity contribution in [2.24, 2.45) is 5.84 Å². The van der Waals surface area contributed by atoms with Gasteiger partial charge in [0.05, 0.1) is 12.1 Å². The van der Waals surface area contributed by atoms with Crippen LogP contribution < -0.4 is 11.3 Å². The van der Waals surface area contributed by atoms with Crippen molar-refractivity contribution in [3.63, 3.8) is 0 Å². The molecule has 0 saturated heterocycles. The minimum Gasteiger partial charge on any atom is -0.464 e. The van der Waals surface area contributed by atoms with Gasteiger partial charge in [0, 0.05) is 10.9 Å². The van der Waals surface area contributed by atoms with Crippen LogP contribution in [0.15, 0.2) is 28.0 Å². The second kappa shape index (κ2) is 6.21. The number of amides is 1. The summed E-state index contributed by atoms with van der Waals surface area (Å²) in [6, 6.07) is 6.21. The van der Waals surface area contributed by atoms with Gasteiger partial charge >= 0.3 is 0 Å². The fraction of sp³-hybridized carbons (Fsp3) is 0.357. The average Bonchev–Trinajstić information content (AvgIpc) is 3.06. The molecule has 0 saturated carbocycles. The second-order valence-electron chi connectivity index (χ2n) is 4.76. The number of thiophene rings is 1. The predicted molar refractivity (Wildman–Crippen MR) is 79.3 cm³/mol. The van der Waals surface area contributed by atoms with Crippen LogP contribution >= 0.6 is 11.3 Å². The third kappa shape index (κ3) is 3.09. The van der Waals surface area contributed by atoms with E-state index in [-0.39, 0.29) is 5.91 Å². The summed E-state index contributed by atoms with van der Waals surface area (Å²) in [5.41, 5.74) is 2.61. The highest BCUT2D eigenvalue weighted by Gasteiger charge is 2.18. The molecule has 0 aliphatic carbocycles. The summed E-state index contributed by atoms with van der Waals surface area (Å²) >= 11 is 1.73. The lowest BCUT2D eigenvalue weighted by molar-refractivity contribution is 0.0952. The van der Waals surface area contributed by atoms with E-state index in [1.54, 1.807) is 24.3 Å². The molecule has 1 atom stereocenters. The highest BCUT2D eigenvalue weighted by molar-refractivity contribution is 7.10.